The van der Waals surface area contributed by atoms with Crippen LogP contribution in [0.15, 0.2) is 36.9 Å². The van der Waals surface area contributed by atoms with Crippen molar-refractivity contribution in [3.63, 3.8) is 0 Å². The molecule has 0 fully saturated rings. The van der Waals surface area contributed by atoms with E-state index in [1.807, 2.05) is 29.2 Å². The molecule has 2 aromatic heterocycles. The van der Waals surface area contributed by atoms with E-state index in [0.717, 1.165) is 0 Å². The number of aliphatic hydroxyl groups excluding tert-OH is 1. The molecule has 3 atom stereocenters. The van der Waals surface area contributed by atoms with Crippen LogP contribution in [-0.2, 0) is 6.54 Å². The van der Waals surface area contributed by atoms with Crippen molar-refractivity contribution >= 4 is 0 Å². The van der Waals surface area contributed by atoms with E-state index >= 15 is 0 Å². The zero-order chi connectivity index (χ0) is 13.7. The molecule has 0 radical (unpaired) electrons. The minimum atomic E-state index is -0.452. The Morgan fingerprint density at radius 3 is 2.53 bits per heavy atom. The molecule has 2 N–H and O–H groups in total. The zero-order valence-electron chi connectivity index (χ0n) is 11.3. The van der Waals surface area contributed by atoms with Gasteiger partial charge in [-0.25, -0.2) is 0 Å². The van der Waals surface area contributed by atoms with Crippen molar-refractivity contribution in [2.75, 3.05) is 6.54 Å². The highest BCUT2D eigenvalue weighted by Crippen LogP contribution is 2.08. The first kappa shape index (κ1) is 13.8. The van der Waals surface area contributed by atoms with Crippen LogP contribution in [0.1, 0.15) is 19.9 Å². The van der Waals surface area contributed by atoms with E-state index in [1.165, 1.54) is 0 Å². The largest absolute Gasteiger partial charge is 0.390 e. The predicted molar refractivity (Wildman–Crippen MR) is 72.6 cm³/mol. The lowest BCUT2D eigenvalue weighted by Crippen LogP contribution is -2.40. The molecular formula is C13H21N5O. The zero-order valence-corrected chi connectivity index (χ0v) is 11.3. The van der Waals surface area contributed by atoms with Gasteiger partial charge in [-0.05, 0) is 26.0 Å². The standard InChI is InChI=1S/C13H21N5O/c1-11(12(2)18-8-4-6-16-18)14-9-13(19)10-17-7-3-5-15-17/h3-8,11-14,19H,9-10H2,1-2H3. The van der Waals surface area contributed by atoms with Gasteiger partial charge >= 0.3 is 0 Å². The minimum absolute atomic E-state index is 0.229. The summed E-state index contributed by atoms with van der Waals surface area (Å²) in [4.78, 5) is 0. The predicted octanol–water partition coefficient (Wildman–Crippen LogP) is 0.680. The van der Waals surface area contributed by atoms with Gasteiger partial charge in [0.1, 0.15) is 0 Å². The van der Waals surface area contributed by atoms with Crippen LogP contribution in [0.5, 0.6) is 0 Å². The molecule has 6 heteroatoms. The first-order valence-corrected chi connectivity index (χ1v) is 6.55. The van der Waals surface area contributed by atoms with Gasteiger partial charge in [0.05, 0.1) is 18.7 Å². The summed E-state index contributed by atoms with van der Waals surface area (Å²) in [5.41, 5.74) is 0. The van der Waals surface area contributed by atoms with Crippen molar-refractivity contribution in [1.29, 1.82) is 0 Å². The van der Waals surface area contributed by atoms with Crippen LogP contribution in [0.3, 0.4) is 0 Å². The second-order valence-corrected chi connectivity index (χ2v) is 4.81. The van der Waals surface area contributed by atoms with Crippen LogP contribution < -0.4 is 5.32 Å². The smallest absolute Gasteiger partial charge is 0.0860 e. The summed E-state index contributed by atoms with van der Waals surface area (Å²) in [7, 11) is 0. The molecule has 3 unspecified atom stereocenters. The van der Waals surface area contributed by atoms with Crippen molar-refractivity contribution in [2.45, 2.75) is 38.6 Å². The summed E-state index contributed by atoms with van der Waals surface area (Å²) < 4.78 is 3.64. The van der Waals surface area contributed by atoms with Gasteiger partial charge in [-0.1, -0.05) is 0 Å². The van der Waals surface area contributed by atoms with Crippen LogP contribution in [0, 0.1) is 0 Å². The summed E-state index contributed by atoms with van der Waals surface area (Å²) in [6.45, 7) is 5.23. The molecule has 0 aliphatic rings. The van der Waals surface area contributed by atoms with E-state index in [4.69, 9.17) is 0 Å². The number of rotatable bonds is 7. The van der Waals surface area contributed by atoms with E-state index in [0.29, 0.717) is 13.1 Å². The fourth-order valence-electron chi connectivity index (χ4n) is 1.93. The van der Waals surface area contributed by atoms with Gasteiger partial charge in [0.25, 0.3) is 0 Å². The van der Waals surface area contributed by atoms with Gasteiger partial charge in [0.15, 0.2) is 0 Å². The van der Waals surface area contributed by atoms with Gasteiger partial charge in [-0.2, -0.15) is 10.2 Å². The van der Waals surface area contributed by atoms with Gasteiger partial charge in [0, 0.05) is 37.4 Å². The molecule has 2 heterocycles. The monoisotopic (exact) mass is 263 g/mol. The minimum Gasteiger partial charge on any atom is -0.390 e. The van der Waals surface area contributed by atoms with E-state index in [1.54, 1.807) is 17.1 Å². The van der Waals surface area contributed by atoms with E-state index in [2.05, 4.69) is 29.4 Å². The second-order valence-electron chi connectivity index (χ2n) is 4.81. The van der Waals surface area contributed by atoms with Crippen molar-refractivity contribution in [3.05, 3.63) is 36.9 Å². The van der Waals surface area contributed by atoms with Gasteiger partial charge < -0.3 is 10.4 Å². The normalized spacial score (nSPS) is 16.2. The number of aliphatic hydroxyl groups is 1. The van der Waals surface area contributed by atoms with E-state index in [-0.39, 0.29) is 12.1 Å². The Balaban J connectivity index is 1.75. The third kappa shape index (κ3) is 3.90. The van der Waals surface area contributed by atoms with Crippen LogP contribution in [-0.4, -0.2) is 43.4 Å². The lowest BCUT2D eigenvalue weighted by Gasteiger charge is -2.23. The molecule has 0 saturated heterocycles. The Morgan fingerprint density at radius 1 is 1.16 bits per heavy atom. The highest BCUT2D eigenvalue weighted by molar-refractivity contribution is 4.84. The van der Waals surface area contributed by atoms with Gasteiger partial charge in [-0.3, -0.25) is 9.36 Å². The fraction of sp³-hybridized carbons (Fsp3) is 0.538. The van der Waals surface area contributed by atoms with Crippen LogP contribution >= 0.6 is 0 Å². The molecule has 19 heavy (non-hydrogen) atoms. The molecule has 0 spiro atoms. The third-order valence-electron chi connectivity index (χ3n) is 3.30. The highest BCUT2D eigenvalue weighted by Gasteiger charge is 2.15. The topological polar surface area (TPSA) is 67.9 Å². The average molecular weight is 263 g/mol. The Hall–Kier alpha value is -1.66. The van der Waals surface area contributed by atoms with Crippen molar-refractivity contribution in [1.82, 2.24) is 24.9 Å². The van der Waals surface area contributed by atoms with Crippen LogP contribution in [0.25, 0.3) is 0 Å². The number of hydrogen-bond donors (Lipinski definition) is 2. The first-order chi connectivity index (χ1) is 9.16. The molecule has 2 rings (SSSR count). The molecule has 0 aliphatic carbocycles. The van der Waals surface area contributed by atoms with Gasteiger partial charge in [0.2, 0.25) is 0 Å². The molecule has 0 saturated carbocycles. The number of aromatic nitrogens is 4. The molecule has 2 aromatic rings. The number of hydrogen-bond acceptors (Lipinski definition) is 4. The maximum absolute atomic E-state index is 9.94. The molecule has 0 aliphatic heterocycles. The van der Waals surface area contributed by atoms with E-state index < -0.39 is 6.10 Å². The summed E-state index contributed by atoms with van der Waals surface area (Å²) in [6, 6.07) is 4.23. The lowest BCUT2D eigenvalue weighted by molar-refractivity contribution is 0.140. The maximum atomic E-state index is 9.94. The Bertz CT molecular complexity index is 453. The van der Waals surface area contributed by atoms with Gasteiger partial charge in [-0.15, -0.1) is 0 Å². The summed E-state index contributed by atoms with van der Waals surface area (Å²) in [5, 5.41) is 21.6. The fourth-order valence-corrected chi connectivity index (χ4v) is 1.93. The molecule has 104 valence electrons. The molecule has 0 aromatic carbocycles. The molecule has 0 bridgehead atoms. The van der Waals surface area contributed by atoms with E-state index in [9.17, 15) is 5.11 Å². The summed E-state index contributed by atoms with van der Waals surface area (Å²) in [5.74, 6) is 0. The summed E-state index contributed by atoms with van der Waals surface area (Å²) in [6.07, 6.45) is 6.83. The SMILES string of the molecule is CC(NCC(O)Cn1cccn1)C(C)n1cccn1. The average Bonchev–Trinajstić information content (AvgIpc) is 3.07. The van der Waals surface area contributed by atoms with Crippen molar-refractivity contribution in [3.8, 4) is 0 Å². The van der Waals surface area contributed by atoms with Crippen LogP contribution in [0.2, 0.25) is 0 Å². The summed E-state index contributed by atoms with van der Waals surface area (Å²) >= 11 is 0. The second kappa shape index (κ2) is 6.49. The Labute approximate surface area is 113 Å². The van der Waals surface area contributed by atoms with Crippen molar-refractivity contribution < 1.29 is 5.11 Å². The maximum Gasteiger partial charge on any atom is 0.0860 e. The molecule has 0 amide bonds. The highest BCUT2D eigenvalue weighted by atomic mass is 16.3. The number of nitrogens with zero attached hydrogens (tertiary/aromatic N) is 4. The Kier molecular flexibility index (Phi) is 4.70. The quantitative estimate of drug-likeness (QED) is 0.771. The van der Waals surface area contributed by atoms with Crippen molar-refractivity contribution in [2.24, 2.45) is 0 Å². The Morgan fingerprint density at radius 2 is 1.89 bits per heavy atom. The molecule has 6 nitrogen and oxygen atoms in total. The lowest BCUT2D eigenvalue weighted by atomic mass is 10.1. The third-order valence-corrected chi connectivity index (χ3v) is 3.30. The molecular weight excluding hydrogens is 242 g/mol. The first-order valence-electron chi connectivity index (χ1n) is 6.55. The number of nitrogens with one attached hydrogen (secondary N) is 1. The van der Waals surface area contributed by atoms with Crippen LogP contribution in [0.4, 0.5) is 0 Å².